The molecule has 0 bridgehead atoms. The maximum atomic E-state index is 11.8. The molecule has 1 aliphatic rings. The molecule has 1 saturated heterocycles. The van der Waals surface area contributed by atoms with E-state index in [-0.39, 0.29) is 13.2 Å². The average Bonchev–Trinajstić information content (AvgIpc) is 2.87. The summed E-state index contributed by atoms with van der Waals surface area (Å²) in [6.07, 6.45) is -4.26. The predicted octanol–water partition coefficient (Wildman–Crippen LogP) is 4.60. The van der Waals surface area contributed by atoms with Gasteiger partial charge in [0, 0.05) is 0 Å². The molecular weight excluding hydrogens is 483 g/mol. The van der Waals surface area contributed by atoms with E-state index in [2.05, 4.69) is 0 Å². The first kappa shape index (κ1) is 26.7. The van der Waals surface area contributed by atoms with E-state index in [9.17, 15) is 14.4 Å². The highest BCUT2D eigenvalue weighted by Crippen LogP contribution is 2.42. The van der Waals surface area contributed by atoms with Gasteiger partial charge in [0.2, 0.25) is 0 Å². The van der Waals surface area contributed by atoms with E-state index in [1.807, 2.05) is 91.0 Å². The number of phosphoric ester groups is 1. The third-order valence-corrected chi connectivity index (χ3v) is 6.31. The normalized spacial score (nSPS) is 24.5. The molecular formula is C27H31O8P. The molecule has 0 aliphatic carbocycles. The van der Waals surface area contributed by atoms with Gasteiger partial charge in [0.1, 0.15) is 18.3 Å². The molecule has 4 rings (SSSR count). The van der Waals surface area contributed by atoms with E-state index in [1.54, 1.807) is 6.92 Å². The van der Waals surface area contributed by atoms with E-state index in [4.69, 9.17) is 23.5 Å². The van der Waals surface area contributed by atoms with Crippen molar-refractivity contribution < 1.29 is 37.8 Å². The van der Waals surface area contributed by atoms with Gasteiger partial charge in [-0.3, -0.25) is 4.52 Å². The maximum Gasteiger partial charge on any atom is 0.472 e. The second-order valence-electron chi connectivity index (χ2n) is 8.59. The smallest absolute Gasteiger partial charge is 0.368 e. The fourth-order valence-corrected chi connectivity index (χ4v) is 4.53. The molecule has 36 heavy (non-hydrogen) atoms. The summed E-state index contributed by atoms with van der Waals surface area (Å²) in [5.74, 6) is 0. The molecule has 3 aromatic carbocycles. The molecule has 192 valence electrons. The van der Waals surface area contributed by atoms with Crippen LogP contribution < -0.4 is 0 Å². The van der Waals surface area contributed by atoms with E-state index in [0.717, 1.165) is 16.7 Å². The number of benzene rings is 3. The van der Waals surface area contributed by atoms with Crippen molar-refractivity contribution in [2.75, 3.05) is 0 Å². The van der Waals surface area contributed by atoms with Crippen LogP contribution in [-0.4, -0.2) is 40.5 Å². The quantitative estimate of drug-likeness (QED) is 0.358. The van der Waals surface area contributed by atoms with Gasteiger partial charge >= 0.3 is 7.82 Å². The Hall–Kier alpha value is -2.39. The Kier molecular flexibility index (Phi) is 9.42. The number of ether oxygens (including phenoxy) is 4. The van der Waals surface area contributed by atoms with Gasteiger partial charge in [0.15, 0.2) is 6.29 Å². The van der Waals surface area contributed by atoms with Crippen LogP contribution in [0.5, 0.6) is 0 Å². The van der Waals surface area contributed by atoms with Crippen LogP contribution in [0.25, 0.3) is 0 Å². The molecule has 8 nitrogen and oxygen atoms in total. The van der Waals surface area contributed by atoms with Gasteiger partial charge in [-0.2, -0.15) is 0 Å². The molecule has 0 spiro atoms. The standard InChI is InChI=1S/C27H31O8P/c1-20-24(31-17-21-11-5-2-6-12-21)25(32-18-22-13-7-3-8-14-22)26(27(34-20)35-36(28,29)30)33-19-23-15-9-4-10-16-23/h2-16,20,24-27H,17-19H2,1H3,(H2,28,29,30)/t20-,24+,25+,26-,27+/m0/s1. The summed E-state index contributed by atoms with van der Waals surface area (Å²) in [6.45, 7) is 2.48. The highest BCUT2D eigenvalue weighted by atomic mass is 31.2. The molecule has 3 aromatic rings. The summed E-state index contributed by atoms with van der Waals surface area (Å²) in [5.41, 5.74) is 2.80. The van der Waals surface area contributed by atoms with Crippen molar-refractivity contribution in [3.05, 3.63) is 108 Å². The third-order valence-electron chi connectivity index (χ3n) is 5.82. The molecule has 9 heteroatoms. The van der Waals surface area contributed by atoms with Crippen LogP contribution in [0, 0.1) is 0 Å². The van der Waals surface area contributed by atoms with Crippen molar-refractivity contribution in [3.63, 3.8) is 0 Å². The van der Waals surface area contributed by atoms with Gasteiger partial charge in [-0.25, -0.2) is 4.57 Å². The Balaban J connectivity index is 1.59. The first-order valence-electron chi connectivity index (χ1n) is 11.7. The molecule has 0 aromatic heterocycles. The Bertz CT molecular complexity index is 1090. The lowest BCUT2D eigenvalue weighted by molar-refractivity contribution is -0.303. The number of phosphoric acid groups is 1. The minimum Gasteiger partial charge on any atom is -0.368 e. The topological polar surface area (TPSA) is 104 Å². The van der Waals surface area contributed by atoms with Crippen molar-refractivity contribution in [1.29, 1.82) is 0 Å². The molecule has 5 atom stereocenters. The molecule has 1 aliphatic heterocycles. The zero-order valence-corrected chi connectivity index (χ0v) is 20.9. The Morgan fingerprint density at radius 2 is 1.06 bits per heavy atom. The van der Waals surface area contributed by atoms with Gasteiger partial charge in [0.25, 0.3) is 0 Å². The zero-order valence-electron chi connectivity index (χ0n) is 20.0. The minimum absolute atomic E-state index is 0.168. The van der Waals surface area contributed by atoms with Crippen molar-refractivity contribution in [3.8, 4) is 0 Å². The van der Waals surface area contributed by atoms with Crippen molar-refractivity contribution in [2.45, 2.75) is 57.5 Å². The van der Waals surface area contributed by atoms with Gasteiger partial charge in [-0.1, -0.05) is 91.0 Å². The summed E-state index contributed by atoms with van der Waals surface area (Å²) in [4.78, 5) is 19.1. The van der Waals surface area contributed by atoms with Crippen molar-refractivity contribution in [2.24, 2.45) is 0 Å². The molecule has 2 N–H and O–H groups in total. The number of hydrogen-bond acceptors (Lipinski definition) is 6. The maximum absolute atomic E-state index is 11.8. The SMILES string of the molecule is C[C@@H]1O[C@H](OP(=O)(O)O)[C@@H](OCc2ccccc2)[C@H](OCc2ccccc2)[C@@H]1OCc1ccccc1. The summed E-state index contributed by atoms with van der Waals surface area (Å²) in [7, 11) is -4.88. The van der Waals surface area contributed by atoms with Gasteiger partial charge in [0.05, 0.1) is 25.9 Å². The summed E-state index contributed by atoms with van der Waals surface area (Å²) in [6, 6.07) is 28.8. The van der Waals surface area contributed by atoms with Crippen LogP contribution >= 0.6 is 7.82 Å². The van der Waals surface area contributed by atoms with Crippen molar-refractivity contribution in [1.82, 2.24) is 0 Å². The second-order valence-corrected chi connectivity index (χ2v) is 9.78. The first-order chi connectivity index (χ1) is 17.4. The minimum atomic E-state index is -4.88. The Morgan fingerprint density at radius 1 is 0.667 bits per heavy atom. The van der Waals surface area contributed by atoms with Crippen molar-refractivity contribution >= 4 is 7.82 Å². The summed E-state index contributed by atoms with van der Waals surface area (Å²) >= 11 is 0. The fourth-order valence-electron chi connectivity index (χ4n) is 4.09. The Morgan fingerprint density at radius 3 is 1.47 bits per heavy atom. The average molecular weight is 515 g/mol. The molecule has 0 radical (unpaired) electrons. The van der Waals surface area contributed by atoms with E-state index in [0.29, 0.717) is 6.61 Å². The van der Waals surface area contributed by atoms with E-state index < -0.39 is 38.5 Å². The number of rotatable bonds is 11. The lowest BCUT2D eigenvalue weighted by Crippen LogP contribution is -2.59. The van der Waals surface area contributed by atoms with Crippen LogP contribution in [0.2, 0.25) is 0 Å². The van der Waals surface area contributed by atoms with Crippen LogP contribution in [0.1, 0.15) is 23.6 Å². The molecule has 1 fully saturated rings. The van der Waals surface area contributed by atoms with E-state index >= 15 is 0 Å². The Labute approximate surface area is 211 Å². The van der Waals surface area contributed by atoms with Gasteiger partial charge in [-0.05, 0) is 23.6 Å². The van der Waals surface area contributed by atoms with E-state index in [1.165, 1.54) is 0 Å². The molecule has 0 amide bonds. The highest BCUT2D eigenvalue weighted by molar-refractivity contribution is 7.46. The highest BCUT2D eigenvalue weighted by Gasteiger charge is 2.49. The van der Waals surface area contributed by atoms with Gasteiger partial charge < -0.3 is 28.7 Å². The molecule has 0 unspecified atom stereocenters. The third kappa shape index (κ3) is 7.80. The zero-order chi connectivity index (χ0) is 25.4. The predicted molar refractivity (Wildman–Crippen MR) is 133 cm³/mol. The van der Waals surface area contributed by atoms with Crippen LogP contribution in [0.4, 0.5) is 0 Å². The summed E-state index contributed by atoms with van der Waals surface area (Å²) in [5, 5.41) is 0. The van der Waals surface area contributed by atoms with Gasteiger partial charge in [-0.15, -0.1) is 0 Å². The first-order valence-corrected chi connectivity index (χ1v) is 13.3. The van der Waals surface area contributed by atoms with Crippen LogP contribution in [0.15, 0.2) is 91.0 Å². The largest absolute Gasteiger partial charge is 0.472 e. The second kappa shape index (κ2) is 12.7. The molecule has 1 heterocycles. The lowest BCUT2D eigenvalue weighted by atomic mass is 9.98. The molecule has 0 saturated carbocycles. The lowest BCUT2D eigenvalue weighted by Gasteiger charge is -2.44. The fraction of sp³-hybridized carbons (Fsp3) is 0.333. The number of hydrogen-bond donors (Lipinski definition) is 2. The summed E-state index contributed by atoms with van der Waals surface area (Å²) < 4.78 is 41.4. The van der Waals surface area contributed by atoms with Crippen LogP contribution in [0.3, 0.4) is 0 Å². The monoisotopic (exact) mass is 514 g/mol. The van der Waals surface area contributed by atoms with Crippen LogP contribution in [-0.2, 0) is 47.9 Å².